The van der Waals surface area contributed by atoms with E-state index in [1.165, 1.54) is 5.56 Å². The highest BCUT2D eigenvalue weighted by Gasteiger charge is 2.19. The van der Waals surface area contributed by atoms with Crippen LogP contribution in [0.1, 0.15) is 52.7 Å². The van der Waals surface area contributed by atoms with Crippen molar-refractivity contribution in [2.24, 2.45) is 0 Å². The molecular formula is C23H26N2O3. The zero-order valence-electron chi connectivity index (χ0n) is 17.0. The Morgan fingerprint density at radius 1 is 1.14 bits per heavy atom. The fourth-order valence-corrected chi connectivity index (χ4v) is 3.02. The van der Waals surface area contributed by atoms with Crippen molar-refractivity contribution in [3.63, 3.8) is 0 Å². The summed E-state index contributed by atoms with van der Waals surface area (Å²) < 4.78 is 11.1. The van der Waals surface area contributed by atoms with Crippen molar-refractivity contribution in [1.29, 1.82) is 0 Å². The number of ether oxygens (including phenoxy) is 1. The molecule has 0 aliphatic carbocycles. The third-order valence-corrected chi connectivity index (χ3v) is 4.90. The normalized spacial score (nSPS) is 10.9. The van der Waals surface area contributed by atoms with Crippen LogP contribution in [0.4, 0.5) is 5.69 Å². The van der Waals surface area contributed by atoms with Crippen molar-refractivity contribution >= 4 is 11.6 Å². The van der Waals surface area contributed by atoms with Crippen LogP contribution in [-0.2, 0) is 6.61 Å². The molecule has 1 amide bonds. The minimum absolute atomic E-state index is 0.115. The molecule has 1 aromatic heterocycles. The van der Waals surface area contributed by atoms with E-state index in [4.69, 9.17) is 9.26 Å². The Balaban J connectivity index is 1.83. The molecule has 0 spiro atoms. The molecule has 0 atom stereocenters. The number of amides is 1. The lowest BCUT2D eigenvalue weighted by Gasteiger charge is -2.20. The van der Waals surface area contributed by atoms with Crippen LogP contribution in [0, 0.1) is 13.8 Å². The Morgan fingerprint density at radius 3 is 2.57 bits per heavy atom. The molecule has 28 heavy (non-hydrogen) atoms. The number of hydrogen-bond acceptors (Lipinski definition) is 4. The molecule has 146 valence electrons. The van der Waals surface area contributed by atoms with Gasteiger partial charge in [-0.2, -0.15) is 0 Å². The van der Waals surface area contributed by atoms with Crippen LogP contribution in [0.15, 0.2) is 53.1 Å². The topological polar surface area (TPSA) is 55.6 Å². The van der Waals surface area contributed by atoms with Crippen molar-refractivity contribution in [1.82, 2.24) is 5.16 Å². The highest BCUT2D eigenvalue weighted by molar-refractivity contribution is 6.07. The van der Waals surface area contributed by atoms with Gasteiger partial charge in [-0.1, -0.05) is 43.3 Å². The summed E-state index contributed by atoms with van der Waals surface area (Å²) in [7, 11) is 1.78. The molecule has 2 aromatic carbocycles. The zero-order valence-corrected chi connectivity index (χ0v) is 17.0. The van der Waals surface area contributed by atoms with Crippen LogP contribution in [-0.4, -0.2) is 18.1 Å². The van der Waals surface area contributed by atoms with Crippen LogP contribution in [0.3, 0.4) is 0 Å². The number of carbonyl (C=O) groups is 1. The number of carbonyl (C=O) groups excluding carboxylic acids is 1. The summed E-state index contributed by atoms with van der Waals surface area (Å²) in [6.45, 7) is 8.31. The molecule has 0 N–H and O–H groups in total. The van der Waals surface area contributed by atoms with Gasteiger partial charge in [0.25, 0.3) is 5.91 Å². The van der Waals surface area contributed by atoms with Gasteiger partial charge in [0.05, 0.1) is 16.8 Å². The van der Waals surface area contributed by atoms with E-state index >= 15 is 0 Å². The summed E-state index contributed by atoms with van der Waals surface area (Å²) in [5.74, 6) is 1.55. The number of nitrogens with zero attached hydrogens (tertiary/aromatic N) is 2. The Kier molecular flexibility index (Phi) is 5.83. The molecule has 3 aromatic rings. The largest absolute Gasteiger partial charge is 0.488 e. The summed E-state index contributed by atoms with van der Waals surface area (Å²) in [5, 5.41) is 3.95. The molecule has 1 heterocycles. The molecule has 0 fully saturated rings. The Bertz CT molecular complexity index is 956. The Labute approximate surface area is 165 Å². The summed E-state index contributed by atoms with van der Waals surface area (Å²) in [6, 6.07) is 15.3. The smallest absolute Gasteiger partial charge is 0.261 e. The van der Waals surface area contributed by atoms with Gasteiger partial charge < -0.3 is 14.2 Å². The van der Waals surface area contributed by atoms with Crippen LogP contribution in [0.5, 0.6) is 5.75 Å². The van der Waals surface area contributed by atoms with Crippen molar-refractivity contribution in [2.45, 2.75) is 40.2 Å². The van der Waals surface area contributed by atoms with Gasteiger partial charge in [-0.3, -0.25) is 4.79 Å². The molecule has 0 aliphatic heterocycles. The fraction of sp³-hybridized carbons (Fsp3) is 0.304. The van der Waals surface area contributed by atoms with E-state index in [0.29, 0.717) is 23.8 Å². The SMILES string of the molecule is Cc1noc(C)c1COc1ccccc1C(=O)N(C)c1cccc(C(C)C)c1. The first-order valence-corrected chi connectivity index (χ1v) is 9.40. The van der Waals surface area contributed by atoms with Crippen molar-refractivity contribution < 1.29 is 14.1 Å². The molecular weight excluding hydrogens is 352 g/mol. The van der Waals surface area contributed by atoms with Gasteiger partial charge in [-0.25, -0.2) is 0 Å². The molecule has 0 unspecified atom stereocenters. The molecule has 0 radical (unpaired) electrons. The van der Waals surface area contributed by atoms with E-state index < -0.39 is 0 Å². The Morgan fingerprint density at radius 2 is 1.89 bits per heavy atom. The van der Waals surface area contributed by atoms with Crippen molar-refractivity contribution in [3.05, 3.63) is 76.7 Å². The monoisotopic (exact) mass is 378 g/mol. The summed E-state index contributed by atoms with van der Waals surface area (Å²) >= 11 is 0. The first-order valence-electron chi connectivity index (χ1n) is 9.40. The van der Waals surface area contributed by atoms with E-state index in [0.717, 1.165) is 22.7 Å². The molecule has 0 bridgehead atoms. The Hall–Kier alpha value is -3.08. The third kappa shape index (κ3) is 4.09. The molecule has 5 nitrogen and oxygen atoms in total. The van der Waals surface area contributed by atoms with E-state index in [1.807, 2.05) is 44.2 Å². The van der Waals surface area contributed by atoms with Crippen molar-refractivity contribution in [3.8, 4) is 5.75 Å². The van der Waals surface area contributed by atoms with Gasteiger partial charge in [-0.15, -0.1) is 0 Å². The lowest BCUT2D eigenvalue weighted by Crippen LogP contribution is -2.26. The fourth-order valence-electron chi connectivity index (χ4n) is 3.02. The molecule has 5 heteroatoms. The maximum atomic E-state index is 13.2. The summed E-state index contributed by atoms with van der Waals surface area (Å²) in [4.78, 5) is 14.8. The second-order valence-corrected chi connectivity index (χ2v) is 7.20. The quantitative estimate of drug-likeness (QED) is 0.586. The molecule has 0 aliphatic rings. The average Bonchev–Trinajstić information content (AvgIpc) is 3.03. The number of aromatic nitrogens is 1. The van der Waals surface area contributed by atoms with Crippen LogP contribution >= 0.6 is 0 Å². The molecule has 0 saturated heterocycles. The van der Waals surface area contributed by atoms with Crippen LogP contribution in [0.2, 0.25) is 0 Å². The van der Waals surface area contributed by atoms with Gasteiger partial charge in [0.1, 0.15) is 18.1 Å². The zero-order chi connectivity index (χ0) is 20.3. The predicted octanol–water partition coefficient (Wildman–Crippen LogP) is 5.27. The van der Waals surface area contributed by atoms with E-state index in [-0.39, 0.29) is 5.91 Å². The third-order valence-electron chi connectivity index (χ3n) is 4.90. The number of hydrogen-bond donors (Lipinski definition) is 0. The van der Waals surface area contributed by atoms with Gasteiger partial charge in [0, 0.05) is 12.7 Å². The van der Waals surface area contributed by atoms with Crippen molar-refractivity contribution in [2.75, 3.05) is 11.9 Å². The molecule has 0 saturated carbocycles. The van der Waals surface area contributed by atoms with Gasteiger partial charge in [-0.05, 0) is 49.6 Å². The summed E-state index contributed by atoms with van der Waals surface area (Å²) in [6.07, 6.45) is 0. The highest BCUT2D eigenvalue weighted by Crippen LogP contribution is 2.26. The number of anilines is 1. The van der Waals surface area contributed by atoms with E-state index in [9.17, 15) is 4.79 Å². The number of para-hydroxylation sites is 1. The summed E-state index contributed by atoms with van der Waals surface area (Å²) in [5.41, 5.74) is 4.27. The minimum atomic E-state index is -0.115. The second-order valence-electron chi connectivity index (χ2n) is 7.20. The lowest BCUT2D eigenvalue weighted by molar-refractivity contribution is 0.0988. The highest BCUT2D eigenvalue weighted by atomic mass is 16.5. The first kappa shape index (κ1) is 19.7. The minimum Gasteiger partial charge on any atom is -0.488 e. The average molecular weight is 378 g/mol. The van der Waals surface area contributed by atoms with Gasteiger partial charge >= 0.3 is 0 Å². The number of rotatable bonds is 6. The van der Waals surface area contributed by atoms with E-state index in [2.05, 4.69) is 31.1 Å². The molecule has 3 rings (SSSR count). The van der Waals surface area contributed by atoms with E-state index in [1.54, 1.807) is 18.0 Å². The van der Waals surface area contributed by atoms with Crippen LogP contribution in [0.25, 0.3) is 0 Å². The van der Waals surface area contributed by atoms with Crippen LogP contribution < -0.4 is 9.64 Å². The first-order chi connectivity index (χ1) is 13.4. The second kappa shape index (κ2) is 8.30. The maximum Gasteiger partial charge on any atom is 0.261 e. The number of benzene rings is 2. The maximum absolute atomic E-state index is 13.2. The standard InChI is InChI=1S/C23H26N2O3/c1-15(2)18-9-8-10-19(13-18)25(5)23(26)20-11-6-7-12-22(20)27-14-21-16(3)24-28-17(21)4/h6-13,15H,14H2,1-5H3. The van der Waals surface area contributed by atoms with Gasteiger partial charge in [0.2, 0.25) is 0 Å². The predicted molar refractivity (Wildman–Crippen MR) is 110 cm³/mol. The van der Waals surface area contributed by atoms with Gasteiger partial charge in [0.15, 0.2) is 0 Å². The lowest BCUT2D eigenvalue weighted by atomic mass is 10.0. The number of aryl methyl sites for hydroxylation is 2.